The summed E-state index contributed by atoms with van der Waals surface area (Å²) in [6.45, 7) is 1.82. The number of nitrogens with one attached hydrogen (secondary N) is 2. The fourth-order valence-electron chi connectivity index (χ4n) is 3.43. The maximum Gasteiger partial charge on any atom is 0.236 e. The fraction of sp³-hybridized carbons (Fsp3) is 0.350. The third kappa shape index (κ3) is 5.30. The summed E-state index contributed by atoms with van der Waals surface area (Å²) in [5.41, 5.74) is 0.665. The van der Waals surface area contributed by atoms with Crippen molar-refractivity contribution in [3.05, 3.63) is 54.0 Å². The molecule has 0 radical (unpaired) electrons. The van der Waals surface area contributed by atoms with Crippen molar-refractivity contribution in [2.24, 2.45) is 0 Å². The Hall–Kier alpha value is -3.18. The fourth-order valence-corrected chi connectivity index (χ4v) is 4.16. The first-order valence-corrected chi connectivity index (χ1v) is 10.6. The lowest BCUT2D eigenvalue weighted by molar-refractivity contribution is -0.118. The van der Waals surface area contributed by atoms with Crippen molar-refractivity contribution < 1.29 is 13.9 Å². The number of rotatable bonds is 8. The van der Waals surface area contributed by atoms with Crippen LogP contribution in [0.15, 0.2) is 42.6 Å². The maximum absolute atomic E-state index is 13.2. The number of anilines is 3. The lowest BCUT2D eigenvalue weighted by Gasteiger charge is -2.16. The number of benzene rings is 1. The summed E-state index contributed by atoms with van der Waals surface area (Å²) < 4.78 is 18.4. The van der Waals surface area contributed by atoms with Gasteiger partial charge in [0.1, 0.15) is 5.82 Å². The number of hydrogen-bond donors (Lipinski definition) is 2. The van der Waals surface area contributed by atoms with Crippen molar-refractivity contribution in [2.75, 3.05) is 42.3 Å². The van der Waals surface area contributed by atoms with Crippen LogP contribution in [-0.2, 0) is 9.53 Å². The number of hydrogen-bond acceptors (Lipinski definition) is 9. The number of amides is 1. The number of carbonyl (C=O) groups excluding carboxylic acids is 1. The van der Waals surface area contributed by atoms with E-state index in [0.717, 1.165) is 25.3 Å². The lowest BCUT2D eigenvalue weighted by Crippen LogP contribution is -2.26. The van der Waals surface area contributed by atoms with E-state index < -0.39 is 5.92 Å². The smallest absolute Gasteiger partial charge is 0.236 e. The summed E-state index contributed by atoms with van der Waals surface area (Å²) in [5.74, 6) is -0.376. The number of ether oxygens (including phenoxy) is 1. The van der Waals surface area contributed by atoms with E-state index in [9.17, 15) is 9.18 Å². The molecular formula is C20H22FN7O2S. The quantitative estimate of drug-likeness (QED) is 0.547. The minimum atomic E-state index is -0.582. The monoisotopic (exact) mass is 443 g/mol. The highest BCUT2D eigenvalue weighted by molar-refractivity contribution is 7.19. The third-order valence-corrected chi connectivity index (χ3v) is 5.75. The number of aromatic nitrogens is 4. The van der Waals surface area contributed by atoms with Crippen LogP contribution in [0, 0.1) is 5.82 Å². The van der Waals surface area contributed by atoms with E-state index in [0.29, 0.717) is 15.8 Å². The van der Waals surface area contributed by atoms with E-state index in [1.807, 2.05) is 12.1 Å². The van der Waals surface area contributed by atoms with Gasteiger partial charge < -0.3 is 15.0 Å². The standard InChI is InChI=1S/C20H22FN7O2S/c1-30-12-16(13-4-6-14(21)7-5-13)18(29)24-20-27-26-19(31-20)23-15-8-10-28(11-15)17-3-2-9-22-25-17/h2-7,9,15-16H,8,10-12H2,1H3,(H,23,26)(H,24,27,29)/t15-,16+/m1/s1. The molecule has 2 N–H and O–H groups in total. The molecule has 31 heavy (non-hydrogen) atoms. The molecule has 3 aromatic rings. The summed E-state index contributed by atoms with van der Waals surface area (Å²) in [4.78, 5) is 14.9. The molecule has 2 atom stereocenters. The minimum absolute atomic E-state index is 0.168. The van der Waals surface area contributed by atoms with E-state index in [1.165, 1.54) is 30.6 Å². The Labute approximate surface area is 182 Å². The number of nitrogens with zero attached hydrogens (tertiary/aromatic N) is 5. The van der Waals surface area contributed by atoms with E-state index in [4.69, 9.17) is 4.74 Å². The van der Waals surface area contributed by atoms with Crippen LogP contribution in [-0.4, -0.2) is 59.1 Å². The molecule has 1 saturated heterocycles. The SMILES string of the molecule is COC[C@H](C(=O)Nc1nnc(N[C@@H]2CCN(c3cccnn3)C2)s1)c1ccc(F)cc1. The van der Waals surface area contributed by atoms with Crippen molar-refractivity contribution >= 4 is 33.3 Å². The van der Waals surface area contributed by atoms with Gasteiger partial charge in [0.05, 0.1) is 12.5 Å². The van der Waals surface area contributed by atoms with Gasteiger partial charge in [-0.3, -0.25) is 10.1 Å². The predicted octanol–water partition coefficient (Wildman–Crippen LogP) is 2.53. The summed E-state index contributed by atoms with van der Waals surface area (Å²) in [7, 11) is 1.52. The molecule has 2 aromatic heterocycles. The Morgan fingerprint density at radius 3 is 2.81 bits per heavy atom. The number of halogens is 1. The first kappa shape index (κ1) is 21.1. The molecule has 0 saturated carbocycles. The highest BCUT2D eigenvalue weighted by atomic mass is 32.1. The molecule has 0 spiro atoms. The topological polar surface area (TPSA) is 105 Å². The summed E-state index contributed by atoms with van der Waals surface area (Å²) in [6, 6.07) is 9.80. The molecule has 4 rings (SSSR count). The Morgan fingerprint density at radius 2 is 2.06 bits per heavy atom. The van der Waals surface area contributed by atoms with Crippen LogP contribution in [0.25, 0.3) is 0 Å². The van der Waals surface area contributed by atoms with Gasteiger partial charge in [-0.25, -0.2) is 4.39 Å². The number of carbonyl (C=O) groups is 1. The van der Waals surface area contributed by atoms with E-state index in [2.05, 4.69) is 35.9 Å². The van der Waals surface area contributed by atoms with E-state index >= 15 is 0 Å². The summed E-state index contributed by atoms with van der Waals surface area (Å²) in [5, 5.41) is 23.4. The molecule has 0 unspecified atom stereocenters. The van der Waals surface area contributed by atoms with Crippen molar-refractivity contribution in [1.29, 1.82) is 0 Å². The van der Waals surface area contributed by atoms with Gasteiger partial charge in [0.15, 0.2) is 5.82 Å². The first-order chi connectivity index (χ1) is 15.1. The number of methoxy groups -OCH3 is 1. The van der Waals surface area contributed by atoms with Crippen LogP contribution in [0.5, 0.6) is 0 Å². The highest BCUT2D eigenvalue weighted by Gasteiger charge is 2.25. The van der Waals surface area contributed by atoms with Gasteiger partial charge in [-0.05, 0) is 36.2 Å². The molecule has 1 aromatic carbocycles. The van der Waals surface area contributed by atoms with Crippen LogP contribution >= 0.6 is 11.3 Å². The van der Waals surface area contributed by atoms with Gasteiger partial charge >= 0.3 is 0 Å². The normalized spacial score (nSPS) is 16.8. The highest BCUT2D eigenvalue weighted by Crippen LogP contribution is 2.26. The van der Waals surface area contributed by atoms with Gasteiger partial charge in [-0.2, -0.15) is 5.10 Å². The molecule has 0 bridgehead atoms. The molecule has 1 aliphatic rings. The second-order valence-corrected chi connectivity index (χ2v) is 8.10. The zero-order valence-corrected chi connectivity index (χ0v) is 17.7. The van der Waals surface area contributed by atoms with Crippen molar-refractivity contribution in [3.63, 3.8) is 0 Å². The molecule has 1 amide bonds. The Morgan fingerprint density at radius 1 is 1.26 bits per heavy atom. The zero-order valence-electron chi connectivity index (χ0n) is 16.9. The molecule has 0 aliphatic carbocycles. The second-order valence-electron chi connectivity index (χ2n) is 7.12. The van der Waals surface area contributed by atoms with Gasteiger partial charge in [0.2, 0.25) is 16.2 Å². The zero-order chi connectivity index (χ0) is 21.6. The average molecular weight is 444 g/mol. The van der Waals surface area contributed by atoms with Crippen molar-refractivity contribution in [2.45, 2.75) is 18.4 Å². The van der Waals surface area contributed by atoms with Crippen LogP contribution in [0.2, 0.25) is 0 Å². The van der Waals surface area contributed by atoms with Crippen molar-refractivity contribution in [3.8, 4) is 0 Å². The molecular weight excluding hydrogens is 421 g/mol. The second kappa shape index (κ2) is 9.75. The lowest BCUT2D eigenvalue weighted by atomic mass is 9.99. The molecule has 3 heterocycles. The third-order valence-electron chi connectivity index (χ3n) is 4.98. The minimum Gasteiger partial charge on any atom is -0.384 e. The van der Waals surface area contributed by atoms with Crippen LogP contribution in [0.4, 0.5) is 20.5 Å². The Kier molecular flexibility index (Phi) is 6.63. The van der Waals surface area contributed by atoms with Gasteiger partial charge in [0.25, 0.3) is 0 Å². The molecule has 162 valence electrons. The summed E-state index contributed by atoms with van der Waals surface area (Å²) >= 11 is 1.27. The molecule has 11 heteroatoms. The van der Waals surface area contributed by atoms with Gasteiger partial charge in [0, 0.05) is 32.4 Å². The van der Waals surface area contributed by atoms with Crippen LogP contribution in [0.3, 0.4) is 0 Å². The molecule has 1 fully saturated rings. The first-order valence-electron chi connectivity index (χ1n) is 9.80. The van der Waals surface area contributed by atoms with Gasteiger partial charge in [-0.15, -0.1) is 15.3 Å². The van der Waals surface area contributed by atoms with Crippen LogP contribution in [0.1, 0.15) is 17.9 Å². The molecule has 9 nitrogen and oxygen atoms in total. The van der Waals surface area contributed by atoms with E-state index in [1.54, 1.807) is 18.3 Å². The van der Waals surface area contributed by atoms with E-state index in [-0.39, 0.29) is 24.4 Å². The summed E-state index contributed by atoms with van der Waals surface area (Å²) in [6.07, 6.45) is 2.58. The maximum atomic E-state index is 13.2. The van der Waals surface area contributed by atoms with Crippen molar-refractivity contribution in [1.82, 2.24) is 20.4 Å². The van der Waals surface area contributed by atoms with Crippen LogP contribution < -0.4 is 15.5 Å². The van der Waals surface area contributed by atoms with Gasteiger partial charge in [-0.1, -0.05) is 23.5 Å². The Bertz CT molecular complexity index is 1000. The Balaban J connectivity index is 1.35. The molecule has 1 aliphatic heterocycles. The average Bonchev–Trinajstić information content (AvgIpc) is 3.43. The predicted molar refractivity (Wildman–Crippen MR) is 116 cm³/mol. The largest absolute Gasteiger partial charge is 0.384 e.